The zero-order chi connectivity index (χ0) is 11.9. The van der Waals surface area contributed by atoms with E-state index in [0.717, 1.165) is 12.2 Å². The summed E-state index contributed by atoms with van der Waals surface area (Å²) in [5.74, 6) is 1.00. The molecule has 0 saturated heterocycles. The molecule has 0 spiro atoms. The zero-order valence-electron chi connectivity index (χ0n) is 10.2. The van der Waals surface area contributed by atoms with Crippen LogP contribution >= 0.6 is 15.9 Å². The van der Waals surface area contributed by atoms with Crippen LogP contribution in [0, 0.1) is 0 Å². The smallest absolute Gasteiger partial charge is 0.123 e. The van der Waals surface area contributed by atoms with E-state index in [-0.39, 0.29) is 5.41 Å². The number of hydrogen-bond acceptors (Lipinski definition) is 2. The van der Waals surface area contributed by atoms with E-state index < -0.39 is 0 Å². The first-order chi connectivity index (χ1) is 7.51. The van der Waals surface area contributed by atoms with Gasteiger partial charge in [-0.15, -0.1) is 0 Å². The fourth-order valence-corrected chi connectivity index (χ4v) is 3.35. The van der Waals surface area contributed by atoms with E-state index in [1.165, 1.54) is 15.6 Å². The Morgan fingerprint density at radius 1 is 1.44 bits per heavy atom. The fourth-order valence-electron chi connectivity index (χ4n) is 2.74. The van der Waals surface area contributed by atoms with E-state index in [4.69, 9.17) is 4.74 Å². The lowest BCUT2D eigenvalue weighted by atomic mass is 9.86. The molecule has 1 aromatic rings. The Labute approximate surface area is 106 Å². The molecule has 0 heterocycles. The second kappa shape index (κ2) is 4.04. The lowest BCUT2D eigenvalue weighted by Crippen LogP contribution is -2.17. The van der Waals surface area contributed by atoms with Crippen molar-refractivity contribution in [2.45, 2.75) is 31.7 Å². The molecule has 2 nitrogen and oxygen atoms in total. The molecule has 1 N–H and O–H groups in total. The van der Waals surface area contributed by atoms with E-state index in [2.05, 4.69) is 41.2 Å². The van der Waals surface area contributed by atoms with E-state index in [9.17, 15) is 0 Å². The predicted octanol–water partition coefficient (Wildman–Crippen LogP) is 3.40. The molecule has 0 saturated carbocycles. The number of fused-ring (bicyclic) bond motifs is 1. The van der Waals surface area contributed by atoms with Gasteiger partial charge in [0.2, 0.25) is 0 Å². The molecular weight excluding hydrogens is 266 g/mol. The maximum Gasteiger partial charge on any atom is 0.123 e. The van der Waals surface area contributed by atoms with Crippen molar-refractivity contribution in [3.05, 3.63) is 27.7 Å². The molecule has 88 valence electrons. The van der Waals surface area contributed by atoms with E-state index in [1.54, 1.807) is 7.11 Å². The van der Waals surface area contributed by atoms with E-state index in [0.29, 0.717) is 6.04 Å². The third kappa shape index (κ3) is 1.66. The molecule has 0 radical (unpaired) electrons. The van der Waals surface area contributed by atoms with Gasteiger partial charge in [0.05, 0.1) is 7.11 Å². The van der Waals surface area contributed by atoms with Crippen molar-refractivity contribution in [2.24, 2.45) is 0 Å². The Bertz CT molecular complexity index is 415. The average Bonchev–Trinajstić information content (AvgIpc) is 2.53. The second-order valence-corrected chi connectivity index (χ2v) is 5.82. The van der Waals surface area contributed by atoms with Crippen LogP contribution in [0.1, 0.15) is 37.4 Å². The minimum atomic E-state index is 0.165. The van der Waals surface area contributed by atoms with Gasteiger partial charge in [-0.05, 0) is 36.6 Å². The highest BCUT2D eigenvalue weighted by atomic mass is 79.9. The van der Waals surface area contributed by atoms with Gasteiger partial charge in [0.25, 0.3) is 0 Å². The first-order valence-corrected chi connectivity index (χ1v) is 6.34. The molecule has 1 aliphatic rings. The number of halogens is 1. The van der Waals surface area contributed by atoms with Gasteiger partial charge in [0, 0.05) is 16.1 Å². The van der Waals surface area contributed by atoms with E-state index in [1.807, 2.05) is 13.1 Å². The predicted molar refractivity (Wildman–Crippen MR) is 70.1 cm³/mol. The highest BCUT2D eigenvalue weighted by molar-refractivity contribution is 9.10. The maximum atomic E-state index is 5.49. The number of nitrogens with one attached hydrogen (secondary N) is 1. The van der Waals surface area contributed by atoms with Crippen LogP contribution in [0.4, 0.5) is 0 Å². The maximum absolute atomic E-state index is 5.49. The summed E-state index contributed by atoms with van der Waals surface area (Å²) in [6.45, 7) is 4.55. The molecule has 0 fully saturated rings. The molecule has 1 atom stereocenters. The molecule has 0 aliphatic heterocycles. The van der Waals surface area contributed by atoms with E-state index >= 15 is 0 Å². The second-order valence-electron chi connectivity index (χ2n) is 4.97. The fraction of sp³-hybridized carbons (Fsp3) is 0.538. The molecule has 16 heavy (non-hydrogen) atoms. The van der Waals surface area contributed by atoms with Crippen LogP contribution in [0.3, 0.4) is 0 Å². The van der Waals surface area contributed by atoms with Crippen LogP contribution in [0.2, 0.25) is 0 Å². The Hall–Kier alpha value is -0.540. The molecule has 3 heteroatoms. The summed E-state index contributed by atoms with van der Waals surface area (Å²) in [7, 11) is 3.76. The van der Waals surface area contributed by atoms with Crippen molar-refractivity contribution in [3.63, 3.8) is 0 Å². The van der Waals surface area contributed by atoms with Gasteiger partial charge in [-0.1, -0.05) is 29.8 Å². The normalized spacial score (nSPS) is 21.9. The lowest BCUT2D eigenvalue weighted by Gasteiger charge is -2.21. The summed E-state index contributed by atoms with van der Waals surface area (Å²) in [6.07, 6.45) is 1.11. The van der Waals surface area contributed by atoms with Gasteiger partial charge in [0.15, 0.2) is 0 Å². The largest absolute Gasteiger partial charge is 0.496 e. The molecule has 2 rings (SSSR count). The van der Waals surface area contributed by atoms with Gasteiger partial charge in [-0.2, -0.15) is 0 Å². The zero-order valence-corrected chi connectivity index (χ0v) is 11.8. The van der Waals surface area contributed by atoms with Gasteiger partial charge in [0.1, 0.15) is 5.75 Å². The van der Waals surface area contributed by atoms with Crippen LogP contribution in [0.5, 0.6) is 5.75 Å². The lowest BCUT2D eigenvalue weighted by molar-refractivity contribution is 0.389. The highest BCUT2D eigenvalue weighted by Crippen LogP contribution is 2.51. The summed E-state index contributed by atoms with van der Waals surface area (Å²) in [5.41, 5.74) is 2.86. The van der Waals surface area contributed by atoms with Crippen molar-refractivity contribution in [3.8, 4) is 5.75 Å². The Morgan fingerprint density at radius 2 is 2.12 bits per heavy atom. The summed E-state index contributed by atoms with van der Waals surface area (Å²) in [5, 5.41) is 3.38. The number of rotatable bonds is 2. The van der Waals surface area contributed by atoms with Gasteiger partial charge in [-0.25, -0.2) is 0 Å². The molecule has 0 amide bonds. The number of benzene rings is 1. The topological polar surface area (TPSA) is 21.3 Å². The minimum absolute atomic E-state index is 0.165. The van der Waals surface area contributed by atoms with Gasteiger partial charge >= 0.3 is 0 Å². The highest BCUT2D eigenvalue weighted by Gasteiger charge is 2.39. The summed E-state index contributed by atoms with van der Waals surface area (Å²) in [6, 6.07) is 4.53. The minimum Gasteiger partial charge on any atom is -0.496 e. The Kier molecular flexibility index (Phi) is 3.01. The van der Waals surface area contributed by atoms with Gasteiger partial charge < -0.3 is 10.1 Å². The van der Waals surface area contributed by atoms with Crippen molar-refractivity contribution in [1.29, 1.82) is 0 Å². The Balaban J connectivity index is 2.67. The Morgan fingerprint density at radius 3 is 2.69 bits per heavy atom. The standard InChI is InChI=1S/C13H18BrNO/c1-13(2)7-9(15-3)11-8(14)5-6-10(16-4)12(11)13/h5-6,9,15H,7H2,1-4H3. The summed E-state index contributed by atoms with van der Waals surface area (Å²) < 4.78 is 6.67. The molecule has 1 aromatic carbocycles. The van der Waals surface area contributed by atoms with Crippen molar-refractivity contribution in [1.82, 2.24) is 5.32 Å². The molecule has 1 aliphatic carbocycles. The van der Waals surface area contributed by atoms with Crippen LogP contribution < -0.4 is 10.1 Å². The number of methoxy groups -OCH3 is 1. The molecule has 0 aromatic heterocycles. The van der Waals surface area contributed by atoms with Gasteiger partial charge in [-0.3, -0.25) is 0 Å². The average molecular weight is 284 g/mol. The molecular formula is C13H18BrNO. The molecule has 0 bridgehead atoms. The first kappa shape index (κ1) is 11.9. The summed E-state index contributed by atoms with van der Waals surface area (Å²) in [4.78, 5) is 0. The molecule has 1 unspecified atom stereocenters. The van der Waals surface area contributed by atoms with Crippen molar-refractivity contribution >= 4 is 15.9 Å². The number of ether oxygens (including phenoxy) is 1. The van der Waals surface area contributed by atoms with Crippen LogP contribution in [-0.2, 0) is 5.41 Å². The van der Waals surface area contributed by atoms with Crippen LogP contribution in [0.15, 0.2) is 16.6 Å². The quantitative estimate of drug-likeness (QED) is 0.898. The summed E-state index contributed by atoms with van der Waals surface area (Å²) >= 11 is 3.65. The third-order valence-corrected chi connectivity index (χ3v) is 4.15. The SMILES string of the molecule is CNC1CC(C)(C)c2c(OC)ccc(Br)c21. The van der Waals surface area contributed by atoms with Crippen molar-refractivity contribution < 1.29 is 4.74 Å². The third-order valence-electron chi connectivity index (χ3n) is 3.46. The number of hydrogen-bond donors (Lipinski definition) is 1. The van der Waals surface area contributed by atoms with Crippen LogP contribution in [0.25, 0.3) is 0 Å². The van der Waals surface area contributed by atoms with Crippen LogP contribution in [-0.4, -0.2) is 14.2 Å². The first-order valence-electron chi connectivity index (χ1n) is 5.55. The van der Waals surface area contributed by atoms with Crippen molar-refractivity contribution in [2.75, 3.05) is 14.2 Å². The monoisotopic (exact) mass is 283 g/mol.